The fraction of sp³-hybridized carbons (Fsp3) is 0.105. The van der Waals surface area contributed by atoms with Crippen LogP contribution in [0.2, 0.25) is 0 Å². The van der Waals surface area contributed by atoms with Gasteiger partial charge in [0.2, 0.25) is 0 Å². The van der Waals surface area contributed by atoms with Gasteiger partial charge >= 0.3 is 61.8 Å². The summed E-state index contributed by atoms with van der Waals surface area (Å²) in [4.78, 5) is 5.53. The smallest absolute Gasteiger partial charge is 0.301 e. The first-order valence-electron chi connectivity index (χ1n) is 38.6. The van der Waals surface area contributed by atoms with Crippen molar-refractivity contribution < 1.29 is 132 Å². The van der Waals surface area contributed by atoms with Crippen LogP contribution in [0.15, 0.2) is 255 Å². The summed E-state index contributed by atoms with van der Waals surface area (Å²) in [5.41, 5.74) is -26.2. The van der Waals surface area contributed by atoms with Crippen molar-refractivity contribution in [1.82, 2.24) is 27.0 Å². The normalized spacial score (nSPS) is 13.6. The number of benzene rings is 10. The molecule has 0 aliphatic heterocycles. The minimum atomic E-state index is -5.23. The fourth-order valence-corrected chi connectivity index (χ4v) is 18.0. The van der Waals surface area contributed by atoms with Crippen molar-refractivity contribution in [2.24, 2.45) is 0 Å². The van der Waals surface area contributed by atoms with Crippen molar-refractivity contribution >= 4 is 72.0 Å². The van der Waals surface area contributed by atoms with Crippen molar-refractivity contribution in [1.29, 1.82) is 0 Å². The highest BCUT2D eigenvalue weighted by atomic mass is 19.4. The lowest BCUT2D eigenvalue weighted by atomic mass is 9.90. The average Bonchev–Trinajstić information content (AvgIpc) is 1.47. The van der Waals surface area contributed by atoms with Crippen LogP contribution in [-0.2, 0) is 61.8 Å². The van der Waals surface area contributed by atoms with Crippen LogP contribution in [0, 0.1) is 0 Å². The first-order chi connectivity index (χ1) is 61.3. The van der Waals surface area contributed by atoms with E-state index in [4.69, 9.17) is 4.98 Å². The molecule has 36 heteroatoms. The molecule has 0 saturated heterocycles. The predicted octanol–water partition coefficient (Wildman–Crippen LogP) is 32.1. The summed E-state index contributed by atoms with van der Waals surface area (Å²) in [5, 5.41) is 0. The molecular weight excluding hydrogens is 1800 g/mol. The molecule has 0 radical (unpaired) electrons. The minimum absolute atomic E-state index is 0.231. The van der Waals surface area contributed by atoms with Gasteiger partial charge in [-0.2, -0.15) is 132 Å². The standard InChI is InChI=1S/C95H42F30N6/c96-86(97,98)53-21-1-43(2-22-53)63-41-127-73(65(63)45-5-25-55(26-6-45)88(102,103)104)75-67(47-9-29-57(30-10-47)90(108,109)110)69(49-13-33-59(34-14-49)92(114,115)116)79-77-71(51-17-37-61(38-18-51)94(120,121)122)72(52-19-39-62(40-20-52)95(123,124)125)78-80-70(50-15-35-60(36-16-50)93(117,118)119)68(48-11-31-58(32-12-48)91(111,112)113)76-74-66(46-7-27-56(28-8-46)89(105,106)107)64(44-3-23-54(24-4-44)87(99,100)101)42-128(74)85-83(131(76)80)81(129(77)78)82(130(75)79)84(127)126-85/h1-42H. The SMILES string of the molecule is FC(F)(F)c1ccc(-c2cn3c4nc5c6c7c4n4c(c(-c8ccc(C(F)(F)F)cc8)c(-c8ccc(C(F)(F)F)cc8)c4c4c(-c8ccc(C(F)(F)F)cc8)c(-c8ccc(C(F)(F)F)cc8)c(c8c(-c9ccc(C(F)(F)F)cc9)c(-c9ccc(C(F)(F)F)cc9)c(c9c(-c%10ccc(C(F)(F)F)cc%10)c(-c%10ccc(C(F)(F)F)cc%10)cn59)n86)n47)c3c2-c2ccc(C(F)(F)F)cc2)cc1. The number of aromatic nitrogens is 6. The van der Waals surface area contributed by atoms with E-state index in [1.54, 1.807) is 0 Å². The maximum Gasteiger partial charge on any atom is 0.416 e. The summed E-state index contributed by atoms with van der Waals surface area (Å²) in [7, 11) is 0. The molecule has 0 aliphatic carbocycles. The Kier molecular flexibility index (Phi) is 18.2. The second kappa shape index (κ2) is 28.1. The highest BCUT2D eigenvalue weighted by molar-refractivity contribution is 6.31. The molecule has 10 aromatic carbocycles. The molecule has 662 valence electrons. The molecule has 20 aromatic rings. The van der Waals surface area contributed by atoms with Gasteiger partial charge in [0, 0.05) is 68.0 Å². The lowest BCUT2D eigenvalue weighted by molar-refractivity contribution is -0.138. The molecule has 0 fully saturated rings. The van der Waals surface area contributed by atoms with E-state index in [-0.39, 0.29) is 83.3 Å². The van der Waals surface area contributed by atoms with Gasteiger partial charge in [0.25, 0.3) is 0 Å². The Balaban J connectivity index is 1.16. The second-order valence-corrected chi connectivity index (χ2v) is 31.2. The number of rotatable bonds is 10. The minimum Gasteiger partial charge on any atom is -0.301 e. The van der Waals surface area contributed by atoms with Gasteiger partial charge < -0.3 is 4.40 Å². The summed E-state index contributed by atoms with van der Waals surface area (Å²) in [5.74, 6) is 0. The number of fused-ring (bicyclic) bond motifs is 8. The van der Waals surface area contributed by atoms with Gasteiger partial charge in [-0.1, -0.05) is 121 Å². The lowest BCUT2D eigenvalue weighted by Gasteiger charge is -2.22. The van der Waals surface area contributed by atoms with Crippen LogP contribution in [0.4, 0.5) is 132 Å². The topological polar surface area (TPSA) is 34.9 Å². The first-order valence-corrected chi connectivity index (χ1v) is 38.6. The van der Waals surface area contributed by atoms with Crippen LogP contribution in [0.3, 0.4) is 0 Å². The Bertz CT molecular complexity index is 7480. The van der Waals surface area contributed by atoms with Crippen molar-refractivity contribution in [3.05, 3.63) is 311 Å². The molecule has 0 unspecified atom stereocenters. The van der Waals surface area contributed by atoms with E-state index in [2.05, 4.69) is 0 Å². The van der Waals surface area contributed by atoms with E-state index in [1.165, 1.54) is 34.4 Å². The summed E-state index contributed by atoms with van der Waals surface area (Å²) in [6.07, 6.45) is -49.4. The van der Waals surface area contributed by atoms with E-state index < -0.39 is 217 Å². The number of nitrogens with zero attached hydrogens (tertiary/aromatic N) is 6. The van der Waals surface area contributed by atoms with E-state index >= 15 is 105 Å². The molecule has 0 amide bonds. The third kappa shape index (κ3) is 13.4. The molecule has 0 saturated carbocycles. The second-order valence-electron chi connectivity index (χ2n) is 31.2. The quantitative estimate of drug-likeness (QED) is 0.0763. The number of hydrogen-bond acceptors (Lipinski definition) is 1. The third-order valence-electron chi connectivity index (χ3n) is 23.7. The van der Waals surface area contributed by atoms with Crippen molar-refractivity contribution in [2.75, 3.05) is 0 Å². The molecule has 0 spiro atoms. The Morgan fingerprint density at radius 2 is 0.282 bits per heavy atom. The summed E-state index contributed by atoms with van der Waals surface area (Å²) in [6, 6.07) is 29.2. The maximum atomic E-state index is 15.4. The highest BCUT2D eigenvalue weighted by Gasteiger charge is 2.45. The Labute approximate surface area is 711 Å². The maximum absolute atomic E-state index is 15.4. The van der Waals surface area contributed by atoms with Crippen LogP contribution >= 0.6 is 0 Å². The number of halogens is 30. The zero-order valence-corrected chi connectivity index (χ0v) is 64.8. The van der Waals surface area contributed by atoms with Crippen molar-refractivity contribution in [2.45, 2.75) is 61.8 Å². The van der Waals surface area contributed by atoms with Gasteiger partial charge in [0.15, 0.2) is 11.3 Å². The van der Waals surface area contributed by atoms with Gasteiger partial charge in [-0.25, -0.2) is 4.98 Å². The number of hydrogen-bond donors (Lipinski definition) is 0. The molecule has 0 atom stereocenters. The molecule has 10 aromatic heterocycles. The first kappa shape index (κ1) is 84.8. The predicted molar refractivity (Wildman–Crippen MR) is 427 cm³/mol. The molecule has 131 heavy (non-hydrogen) atoms. The molecule has 10 heterocycles. The van der Waals surface area contributed by atoms with Crippen LogP contribution in [0.25, 0.3) is 183 Å². The van der Waals surface area contributed by atoms with Gasteiger partial charge in [-0.15, -0.1) is 0 Å². The lowest BCUT2D eigenvalue weighted by Crippen LogP contribution is -2.11. The van der Waals surface area contributed by atoms with Gasteiger partial charge in [-0.05, 0) is 177 Å². The van der Waals surface area contributed by atoms with E-state index in [9.17, 15) is 26.3 Å². The van der Waals surface area contributed by atoms with Crippen molar-refractivity contribution in [3.8, 4) is 111 Å². The summed E-state index contributed by atoms with van der Waals surface area (Å²) in [6.45, 7) is 0. The van der Waals surface area contributed by atoms with Crippen LogP contribution in [0.1, 0.15) is 55.6 Å². The van der Waals surface area contributed by atoms with Crippen LogP contribution < -0.4 is 0 Å². The highest BCUT2D eigenvalue weighted by Crippen LogP contribution is 2.61. The Morgan fingerprint density at radius 3 is 0.443 bits per heavy atom. The molecule has 6 nitrogen and oxygen atoms in total. The average molecular weight is 1840 g/mol. The molecular formula is C95H42F30N6. The largest absolute Gasteiger partial charge is 0.416 e. The molecule has 20 rings (SSSR count). The van der Waals surface area contributed by atoms with E-state index in [0.717, 1.165) is 121 Å². The van der Waals surface area contributed by atoms with Gasteiger partial charge in [0.1, 0.15) is 16.6 Å². The summed E-state index contributed by atoms with van der Waals surface area (Å²) < 4.78 is 462. The van der Waals surface area contributed by atoms with E-state index in [1.807, 2.05) is 0 Å². The van der Waals surface area contributed by atoms with Gasteiger partial charge in [-0.3, -0.25) is 17.6 Å². The molecule has 0 N–H and O–H groups in total. The Morgan fingerprint density at radius 1 is 0.145 bits per heavy atom. The Hall–Kier alpha value is -14.4. The van der Waals surface area contributed by atoms with E-state index in [0.29, 0.717) is 121 Å². The van der Waals surface area contributed by atoms with Crippen molar-refractivity contribution in [3.63, 3.8) is 0 Å². The zero-order chi connectivity index (χ0) is 93.1. The third-order valence-corrected chi connectivity index (χ3v) is 23.7. The fourth-order valence-electron chi connectivity index (χ4n) is 18.0. The summed E-state index contributed by atoms with van der Waals surface area (Å²) >= 11 is 0. The molecule has 0 aliphatic rings. The van der Waals surface area contributed by atoms with Gasteiger partial charge in [0.05, 0.1) is 99.8 Å². The number of alkyl halides is 30. The molecule has 0 bridgehead atoms. The number of pyridine rings is 1. The van der Waals surface area contributed by atoms with Crippen LogP contribution in [-0.4, -0.2) is 27.0 Å². The zero-order valence-electron chi connectivity index (χ0n) is 64.8. The van der Waals surface area contributed by atoms with Crippen LogP contribution in [0.5, 0.6) is 0 Å². The monoisotopic (exact) mass is 1840 g/mol.